The first-order valence-electron chi connectivity index (χ1n) is 6.14. The van der Waals surface area contributed by atoms with Gasteiger partial charge in [0.05, 0.1) is 18.7 Å². The van der Waals surface area contributed by atoms with E-state index in [1.54, 1.807) is 11.0 Å². The van der Waals surface area contributed by atoms with Crippen LogP contribution in [0, 0.1) is 0 Å². The molecule has 0 bridgehead atoms. The monoisotopic (exact) mass is 283 g/mol. The third-order valence-electron chi connectivity index (χ3n) is 3.51. The Labute approximate surface area is 113 Å². The minimum Gasteiger partial charge on any atom is -0.368 e. The average Bonchev–Trinajstić information content (AvgIpc) is 2.86. The van der Waals surface area contributed by atoms with Crippen molar-refractivity contribution < 1.29 is 17.9 Å². The van der Waals surface area contributed by atoms with E-state index in [1.165, 1.54) is 18.5 Å². The Morgan fingerprint density at radius 1 is 1.25 bits per heavy atom. The first-order chi connectivity index (χ1) is 9.50. The first kappa shape index (κ1) is 13.1. The summed E-state index contributed by atoms with van der Waals surface area (Å²) >= 11 is 0. The minimum absolute atomic E-state index is 0.443. The molecule has 1 aliphatic rings. The van der Waals surface area contributed by atoms with Gasteiger partial charge in [0, 0.05) is 6.42 Å². The molecular formula is C13H12F3N3O. The molecule has 0 amide bonds. The van der Waals surface area contributed by atoms with Crippen LogP contribution in [0.1, 0.15) is 17.5 Å². The largest absolute Gasteiger partial charge is 0.416 e. The lowest BCUT2D eigenvalue weighted by molar-refractivity contribution is -0.165. The molecule has 1 aromatic carbocycles. The summed E-state index contributed by atoms with van der Waals surface area (Å²) in [5, 5.41) is 4.01. The predicted octanol–water partition coefficient (Wildman–Crippen LogP) is 2.61. The molecule has 1 fully saturated rings. The molecule has 0 spiro atoms. The van der Waals surface area contributed by atoms with Gasteiger partial charge in [0.15, 0.2) is 0 Å². The van der Waals surface area contributed by atoms with Crippen LogP contribution in [0.2, 0.25) is 0 Å². The van der Waals surface area contributed by atoms with E-state index in [0.29, 0.717) is 13.2 Å². The van der Waals surface area contributed by atoms with E-state index >= 15 is 0 Å². The molecule has 3 rings (SSSR count). The van der Waals surface area contributed by atoms with Crippen LogP contribution in [0.4, 0.5) is 13.2 Å². The molecule has 1 aliphatic heterocycles. The van der Waals surface area contributed by atoms with Crippen molar-refractivity contribution in [3.63, 3.8) is 0 Å². The Balaban J connectivity index is 1.86. The summed E-state index contributed by atoms with van der Waals surface area (Å²) in [5.41, 5.74) is -0.526. The van der Waals surface area contributed by atoms with Crippen molar-refractivity contribution >= 4 is 0 Å². The second-order valence-electron chi connectivity index (χ2n) is 4.76. The maximum Gasteiger partial charge on any atom is 0.416 e. The van der Waals surface area contributed by atoms with E-state index in [0.717, 1.165) is 24.1 Å². The molecule has 4 nitrogen and oxygen atoms in total. The fourth-order valence-electron chi connectivity index (χ4n) is 2.33. The van der Waals surface area contributed by atoms with E-state index in [-0.39, 0.29) is 0 Å². The predicted molar refractivity (Wildman–Crippen MR) is 63.7 cm³/mol. The molecule has 1 saturated heterocycles. The normalized spacial score (nSPS) is 22.6. The molecule has 7 heteroatoms. The van der Waals surface area contributed by atoms with Gasteiger partial charge in [-0.05, 0) is 17.7 Å². The van der Waals surface area contributed by atoms with Crippen molar-refractivity contribution in [2.24, 2.45) is 0 Å². The Morgan fingerprint density at radius 2 is 1.95 bits per heavy atom. The Hall–Kier alpha value is -1.89. The highest BCUT2D eigenvalue weighted by Crippen LogP contribution is 2.40. The van der Waals surface area contributed by atoms with Crippen molar-refractivity contribution in [1.82, 2.24) is 14.8 Å². The zero-order valence-electron chi connectivity index (χ0n) is 10.5. The highest BCUT2D eigenvalue weighted by Gasteiger charge is 2.41. The summed E-state index contributed by atoms with van der Waals surface area (Å²) in [6.07, 6.45) is -0.594. The molecule has 2 heterocycles. The maximum atomic E-state index is 12.6. The number of ether oxygens (including phenoxy) is 1. The maximum absolute atomic E-state index is 12.6. The summed E-state index contributed by atoms with van der Waals surface area (Å²) in [6.45, 7) is 1.04. The molecule has 0 radical (unpaired) electrons. The van der Waals surface area contributed by atoms with Crippen LogP contribution >= 0.6 is 0 Å². The van der Waals surface area contributed by atoms with Gasteiger partial charge < -0.3 is 4.74 Å². The quantitative estimate of drug-likeness (QED) is 0.869. The summed E-state index contributed by atoms with van der Waals surface area (Å²) < 4.78 is 44.9. The number of halogens is 3. The third kappa shape index (κ3) is 2.29. The molecule has 1 aromatic heterocycles. The van der Waals surface area contributed by atoms with Gasteiger partial charge in [-0.2, -0.15) is 18.3 Å². The van der Waals surface area contributed by atoms with Crippen molar-refractivity contribution in [3.05, 3.63) is 48.0 Å². The number of benzene rings is 1. The molecule has 2 aromatic rings. The van der Waals surface area contributed by atoms with E-state index < -0.39 is 17.3 Å². The molecule has 0 N–H and O–H groups in total. The summed E-state index contributed by atoms with van der Waals surface area (Å²) in [4.78, 5) is 3.85. The standard InChI is InChI=1S/C13H12F3N3O/c14-13(15,16)11-3-1-10(2-4-11)12(5-6-20-12)7-19-9-17-8-18-19/h1-4,8-9H,5-7H2. The van der Waals surface area contributed by atoms with Gasteiger partial charge in [-0.15, -0.1) is 0 Å². The summed E-state index contributed by atoms with van der Waals surface area (Å²) in [6, 6.07) is 5.11. The molecule has 1 unspecified atom stereocenters. The second kappa shape index (κ2) is 4.59. The first-order valence-corrected chi connectivity index (χ1v) is 6.14. The molecular weight excluding hydrogens is 271 g/mol. The zero-order valence-corrected chi connectivity index (χ0v) is 10.5. The number of nitrogens with zero attached hydrogens (tertiary/aromatic N) is 3. The van der Waals surface area contributed by atoms with Crippen LogP contribution in [0.25, 0.3) is 0 Å². The van der Waals surface area contributed by atoms with Crippen molar-refractivity contribution in [1.29, 1.82) is 0 Å². The smallest absolute Gasteiger partial charge is 0.368 e. The van der Waals surface area contributed by atoms with Gasteiger partial charge in [-0.3, -0.25) is 0 Å². The van der Waals surface area contributed by atoms with Crippen molar-refractivity contribution in [2.75, 3.05) is 6.61 Å². The fourth-order valence-corrected chi connectivity index (χ4v) is 2.33. The second-order valence-corrected chi connectivity index (χ2v) is 4.76. The van der Waals surface area contributed by atoms with Crippen LogP contribution < -0.4 is 0 Å². The van der Waals surface area contributed by atoms with Crippen LogP contribution in [0.15, 0.2) is 36.9 Å². The van der Waals surface area contributed by atoms with Crippen LogP contribution in [-0.4, -0.2) is 21.4 Å². The van der Waals surface area contributed by atoms with Gasteiger partial charge in [0.1, 0.15) is 18.3 Å². The number of alkyl halides is 3. The van der Waals surface area contributed by atoms with Gasteiger partial charge in [0.25, 0.3) is 0 Å². The SMILES string of the molecule is FC(F)(F)c1ccc(C2(Cn3cncn3)CCO2)cc1. The van der Waals surface area contributed by atoms with Gasteiger partial charge >= 0.3 is 6.18 Å². The van der Waals surface area contributed by atoms with Gasteiger partial charge in [-0.1, -0.05) is 12.1 Å². The topological polar surface area (TPSA) is 39.9 Å². The highest BCUT2D eigenvalue weighted by atomic mass is 19.4. The van der Waals surface area contributed by atoms with Crippen LogP contribution in [0.3, 0.4) is 0 Å². The Morgan fingerprint density at radius 3 is 2.40 bits per heavy atom. The summed E-state index contributed by atoms with van der Waals surface area (Å²) in [7, 11) is 0. The molecule has 1 atom stereocenters. The van der Waals surface area contributed by atoms with E-state index in [9.17, 15) is 13.2 Å². The highest BCUT2D eigenvalue weighted by molar-refractivity contribution is 5.30. The van der Waals surface area contributed by atoms with Gasteiger partial charge in [-0.25, -0.2) is 9.67 Å². The molecule has 0 aliphatic carbocycles. The van der Waals surface area contributed by atoms with E-state index in [1.807, 2.05) is 0 Å². The molecule has 0 saturated carbocycles. The lowest BCUT2D eigenvalue weighted by Crippen LogP contribution is -2.44. The fraction of sp³-hybridized carbons (Fsp3) is 0.385. The number of aromatic nitrogens is 3. The third-order valence-corrected chi connectivity index (χ3v) is 3.51. The van der Waals surface area contributed by atoms with Crippen LogP contribution in [-0.2, 0) is 23.1 Å². The number of hydrogen-bond donors (Lipinski definition) is 0. The molecule has 20 heavy (non-hydrogen) atoms. The summed E-state index contributed by atoms with van der Waals surface area (Å²) in [5.74, 6) is 0. The zero-order chi connectivity index (χ0) is 14.2. The number of hydrogen-bond acceptors (Lipinski definition) is 3. The Kier molecular flexibility index (Phi) is 3.01. The lowest BCUT2D eigenvalue weighted by Gasteiger charge is -2.42. The lowest BCUT2D eigenvalue weighted by atomic mass is 9.86. The average molecular weight is 283 g/mol. The Bertz CT molecular complexity index is 574. The van der Waals surface area contributed by atoms with Crippen molar-refractivity contribution in [2.45, 2.75) is 24.7 Å². The minimum atomic E-state index is -4.32. The van der Waals surface area contributed by atoms with Gasteiger partial charge in [0.2, 0.25) is 0 Å². The van der Waals surface area contributed by atoms with Crippen molar-refractivity contribution in [3.8, 4) is 0 Å². The van der Waals surface area contributed by atoms with E-state index in [4.69, 9.17) is 4.74 Å². The number of rotatable bonds is 3. The van der Waals surface area contributed by atoms with Crippen LogP contribution in [0.5, 0.6) is 0 Å². The van der Waals surface area contributed by atoms with E-state index in [2.05, 4.69) is 10.1 Å². The molecule has 106 valence electrons.